The van der Waals surface area contributed by atoms with Gasteiger partial charge >= 0.3 is 0 Å². The molecule has 0 aliphatic carbocycles. The average Bonchev–Trinajstić information content (AvgIpc) is 2.82. The molecular formula is C13H18N4O2. The van der Waals surface area contributed by atoms with Crippen LogP contribution in [0.2, 0.25) is 0 Å². The second kappa shape index (κ2) is 6.86. The number of phenolic OH excluding ortho intramolecular Hbond substituents is 1. The van der Waals surface area contributed by atoms with Gasteiger partial charge in [0.05, 0.1) is 25.0 Å². The highest BCUT2D eigenvalue weighted by molar-refractivity contribution is 5.27. The molecule has 1 aromatic heterocycles. The summed E-state index contributed by atoms with van der Waals surface area (Å²) in [7, 11) is 1.67. The molecule has 1 heterocycles. The number of hydrogen-bond donors (Lipinski definition) is 2. The van der Waals surface area contributed by atoms with Gasteiger partial charge in [0.25, 0.3) is 0 Å². The van der Waals surface area contributed by atoms with Crippen LogP contribution in [-0.2, 0) is 17.8 Å². The molecule has 0 saturated heterocycles. The van der Waals surface area contributed by atoms with Gasteiger partial charge in [-0.25, -0.2) is 4.68 Å². The van der Waals surface area contributed by atoms with E-state index in [1.165, 1.54) is 0 Å². The number of phenols is 1. The highest BCUT2D eigenvalue weighted by atomic mass is 16.5. The molecule has 19 heavy (non-hydrogen) atoms. The van der Waals surface area contributed by atoms with E-state index in [0.29, 0.717) is 19.7 Å². The van der Waals surface area contributed by atoms with Gasteiger partial charge in [0, 0.05) is 20.2 Å². The summed E-state index contributed by atoms with van der Waals surface area (Å²) in [4.78, 5) is 0. The van der Waals surface area contributed by atoms with Crippen molar-refractivity contribution in [2.75, 3.05) is 20.3 Å². The molecule has 0 unspecified atom stereocenters. The summed E-state index contributed by atoms with van der Waals surface area (Å²) < 4.78 is 6.70. The normalized spacial score (nSPS) is 10.8. The topological polar surface area (TPSA) is 72.2 Å². The first-order valence-corrected chi connectivity index (χ1v) is 6.14. The summed E-state index contributed by atoms with van der Waals surface area (Å²) in [6.45, 7) is 2.73. The highest BCUT2D eigenvalue weighted by Gasteiger charge is 2.02. The number of aromatic nitrogens is 3. The summed E-state index contributed by atoms with van der Waals surface area (Å²) in [5, 5.41) is 20.7. The Bertz CT molecular complexity index is 513. The number of hydrogen-bond acceptors (Lipinski definition) is 5. The van der Waals surface area contributed by atoms with Crippen molar-refractivity contribution in [3.8, 4) is 5.75 Å². The molecule has 102 valence electrons. The van der Waals surface area contributed by atoms with Crippen molar-refractivity contribution in [3.63, 3.8) is 0 Å². The van der Waals surface area contributed by atoms with Gasteiger partial charge in [-0.15, -0.1) is 5.10 Å². The Morgan fingerprint density at radius 2 is 2.32 bits per heavy atom. The van der Waals surface area contributed by atoms with E-state index in [4.69, 9.17) is 4.74 Å². The van der Waals surface area contributed by atoms with Gasteiger partial charge in [0.15, 0.2) is 0 Å². The van der Waals surface area contributed by atoms with Crippen LogP contribution in [0.1, 0.15) is 11.3 Å². The van der Waals surface area contributed by atoms with Crippen molar-refractivity contribution in [2.45, 2.75) is 13.1 Å². The predicted molar refractivity (Wildman–Crippen MR) is 70.8 cm³/mol. The van der Waals surface area contributed by atoms with Gasteiger partial charge in [-0.05, 0) is 17.7 Å². The predicted octanol–water partition coefficient (Wildman–Crippen LogP) is 0.768. The molecule has 0 saturated carbocycles. The smallest absolute Gasteiger partial charge is 0.115 e. The fourth-order valence-electron chi connectivity index (χ4n) is 1.73. The molecule has 2 N–H and O–H groups in total. The third kappa shape index (κ3) is 4.35. The van der Waals surface area contributed by atoms with Crippen molar-refractivity contribution < 1.29 is 9.84 Å². The van der Waals surface area contributed by atoms with E-state index in [1.807, 2.05) is 18.3 Å². The molecule has 6 nitrogen and oxygen atoms in total. The summed E-state index contributed by atoms with van der Waals surface area (Å²) in [5.41, 5.74) is 1.88. The van der Waals surface area contributed by atoms with Crippen LogP contribution < -0.4 is 5.32 Å². The molecular weight excluding hydrogens is 244 g/mol. The summed E-state index contributed by atoms with van der Waals surface area (Å²) in [6.07, 6.45) is 1.89. The van der Waals surface area contributed by atoms with Crippen molar-refractivity contribution in [2.24, 2.45) is 0 Å². The molecule has 0 aliphatic heterocycles. The number of nitrogens with one attached hydrogen (secondary N) is 1. The molecule has 0 amide bonds. The Balaban J connectivity index is 1.87. The second-order valence-electron chi connectivity index (χ2n) is 4.25. The van der Waals surface area contributed by atoms with Crippen LogP contribution in [0.4, 0.5) is 0 Å². The molecule has 1 aromatic carbocycles. The number of nitrogens with zero attached hydrogens (tertiary/aromatic N) is 3. The zero-order chi connectivity index (χ0) is 13.5. The Morgan fingerprint density at radius 1 is 1.42 bits per heavy atom. The average molecular weight is 262 g/mol. The summed E-state index contributed by atoms with van der Waals surface area (Å²) in [5.74, 6) is 0.263. The number of aromatic hydroxyl groups is 1. The maximum absolute atomic E-state index is 9.40. The van der Waals surface area contributed by atoms with Crippen LogP contribution in [0.3, 0.4) is 0 Å². The molecule has 2 rings (SSSR count). The SMILES string of the molecule is COCCNCc1cn(Cc2cccc(O)c2)nn1. The van der Waals surface area contributed by atoms with Crippen molar-refractivity contribution in [1.29, 1.82) is 0 Å². The van der Waals surface area contributed by atoms with Gasteiger partial charge in [-0.2, -0.15) is 0 Å². The lowest BCUT2D eigenvalue weighted by Gasteiger charge is -2.01. The molecule has 0 radical (unpaired) electrons. The van der Waals surface area contributed by atoms with Gasteiger partial charge in [0.2, 0.25) is 0 Å². The largest absolute Gasteiger partial charge is 0.508 e. The fraction of sp³-hybridized carbons (Fsp3) is 0.385. The van der Waals surface area contributed by atoms with Crippen LogP contribution in [0.15, 0.2) is 30.5 Å². The standard InChI is InChI=1S/C13H18N4O2/c1-19-6-5-14-8-12-10-17(16-15-12)9-11-3-2-4-13(18)7-11/h2-4,7,10,14,18H,5-6,8-9H2,1H3. The minimum absolute atomic E-state index is 0.263. The Kier molecular flexibility index (Phi) is 4.88. The Morgan fingerprint density at radius 3 is 3.11 bits per heavy atom. The van der Waals surface area contributed by atoms with Gasteiger partial charge in [0.1, 0.15) is 5.75 Å². The van der Waals surface area contributed by atoms with Crippen LogP contribution in [-0.4, -0.2) is 40.4 Å². The number of benzene rings is 1. The molecule has 0 fully saturated rings. The van der Waals surface area contributed by atoms with E-state index < -0.39 is 0 Å². The first-order valence-electron chi connectivity index (χ1n) is 6.14. The molecule has 0 bridgehead atoms. The van der Waals surface area contributed by atoms with Crippen molar-refractivity contribution in [3.05, 3.63) is 41.7 Å². The third-order valence-corrected chi connectivity index (χ3v) is 2.63. The number of methoxy groups -OCH3 is 1. The van der Waals surface area contributed by atoms with Crippen LogP contribution in [0.5, 0.6) is 5.75 Å². The lowest BCUT2D eigenvalue weighted by molar-refractivity contribution is 0.199. The quantitative estimate of drug-likeness (QED) is 0.721. The monoisotopic (exact) mass is 262 g/mol. The Hall–Kier alpha value is -1.92. The van der Waals surface area contributed by atoms with Crippen LogP contribution >= 0.6 is 0 Å². The third-order valence-electron chi connectivity index (χ3n) is 2.63. The lowest BCUT2D eigenvalue weighted by Crippen LogP contribution is -2.18. The molecule has 0 spiro atoms. The minimum Gasteiger partial charge on any atom is -0.508 e. The summed E-state index contributed by atoms with van der Waals surface area (Å²) in [6, 6.07) is 7.13. The van der Waals surface area contributed by atoms with Crippen LogP contribution in [0.25, 0.3) is 0 Å². The number of rotatable bonds is 7. The minimum atomic E-state index is 0.263. The van der Waals surface area contributed by atoms with Crippen molar-refractivity contribution in [1.82, 2.24) is 20.3 Å². The first-order chi connectivity index (χ1) is 9.28. The van der Waals surface area contributed by atoms with Crippen LogP contribution in [0, 0.1) is 0 Å². The lowest BCUT2D eigenvalue weighted by atomic mass is 10.2. The van der Waals surface area contributed by atoms with E-state index in [-0.39, 0.29) is 5.75 Å². The highest BCUT2D eigenvalue weighted by Crippen LogP contribution is 2.11. The van der Waals surface area contributed by atoms with Gasteiger partial charge in [-0.1, -0.05) is 17.3 Å². The summed E-state index contributed by atoms with van der Waals surface area (Å²) >= 11 is 0. The molecule has 6 heteroatoms. The molecule has 0 atom stereocenters. The van der Waals surface area contributed by atoms with Crippen molar-refractivity contribution >= 4 is 0 Å². The molecule has 0 aliphatic rings. The second-order valence-corrected chi connectivity index (χ2v) is 4.25. The number of ether oxygens (including phenoxy) is 1. The maximum atomic E-state index is 9.40. The first kappa shape index (κ1) is 13.5. The Labute approximate surface area is 112 Å². The zero-order valence-corrected chi connectivity index (χ0v) is 10.9. The fourth-order valence-corrected chi connectivity index (χ4v) is 1.73. The van der Waals surface area contributed by atoms with Gasteiger partial charge < -0.3 is 15.2 Å². The maximum Gasteiger partial charge on any atom is 0.115 e. The van der Waals surface area contributed by atoms with E-state index in [0.717, 1.165) is 17.8 Å². The van der Waals surface area contributed by atoms with E-state index >= 15 is 0 Å². The zero-order valence-electron chi connectivity index (χ0n) is 10.9. The van der Waals surface area contributed by atoms with E-state index in [1.54, 1.807) is 23.9 Å². The van der Waals surface area contributed by atoms with E-state index in [9.17, 15) is 5.11 Å². The molecule has 2 aromatic rings. The van der Waals surface area contributed by atoms with Gasteiger partial charge in [-0.3, -0.25) is 0 Å². The van der Waals surface area contributed by atoms with E-state index in [2.05, 4.69) is 15.6 Å².